The van der Waals surface area contributed by atoms with Crippen LogP contribution in [0.3, 0.4) is 0 Å². The van der Waals surface area contributed by atoms with Gasteiger partial charge in [0.25, 0.3) is 0 Å². The summed E-state index contributed by atoms with van der Waals surface area (Å²) in [6.07, 6.45) is 3.08. The summed E-state index contributed by atoms with van der Waals surface area (Å²) in [5, 5.41) is 0. The van der Waals surface area contributed by atoms with Crippen LogP contribution in [0, 0.1) is 23.7 Å². The van der Waals surface area contributed by atoms with Crippen molar-refractivity contribution in [2.75, 3.05) is 31.1 Å². The van der Waals surface area contributed by atoms with Crippen LogP contribution in [0.15, 0.2) is 12.3 Å². The van der Waals surface area contributed by atoms with Crippen molar-refractivity contribution >= 4 is 11.7 Å². The number of carbonyl (C=O) groups is 1. The molecule has 0 unspecified atom stereocenters. The van der Waals surface area contributed by atoms with E-state index in [1.54, 1.807) is 6.20 Å². The molecule has 25 heavy (non-hydrogen) atoms. The minimum Gasteiger partial charge on any atom is -0.355 e. The molecule has 0 radical (unpaired) electrons. The Morgan fingerprint density at radius 1 is 1.16 bits per heavy atom. The van der Waals surface area contributed by atoms with Gasteiger partial charge in [-0.15, -0.1) is 0 Å². The highest BCUT2D eigenvalue weighted by atomic mass is 19.3. The first-order valence-corrected chi connectivity index (χ1v) is 8.99. The number of rotatable bonds is 2. The Kier molecular flexibility index (Phi) is 2.89. The topological polar surface area (TPSA) is 49.3 Å². The minimum absolute atomic E-state index is 0.0129. The summed E-state index contributed by atoms with van der Waals surface area (Å²) in [4.78, 5) is 25.2. The number of aromatic nitrogens is 2. The van der Waals surface area contributed by atoms with E-state index in [9.17, 15) is 13.6 Å². The molecule has 5 rings (SSSR count). The summed E-state index contributed by atoms with van der Waals surface area (Å²) >= 11 is 0. The lowest BCUT2D eigenvalue weighted by atomic mass is 9.50. The smallest absolute Gasteiger partial charge is 0.249 e. The molecule has 1 amide bonds. The van der Waals surface area contributed by atoms with Crippen molar-refractivity contribution < 1.29 is 13.6 Å². The van der Waals surface area contributed by atoms with Crippen LogP contribution in [0.4, 0.5) is 14.6 Å². The third kappa shape index (κ3) is 2.34. The molecule has 0 bridgehead atoms. The summed E-state index contributed by atoms with van der Waals surface area (Å²) < 4.78 is 26.1. The van der Waals surface area contributed by atoms with Crippen LogP contribution in [-0.4, -0.2) is 52.9 Å². The van der Waals surface area contributed by atoms with E-state index >= 15 is 0 Å². The first kappa shape index (κ1) is 15.5. The maximum absolute atomic E-state index is 13.1. The van der Waals surface area contributed by atoms with Crippen LogP contribution in [0.5, 0.6) is 0 Å². The highest BCUT2D eigenvalue weighted by Gasteiger charge is 2.64. The highest BCUT2D eigenvalue weighted by molar-refractivity contribution is 5.81. The van der Waals surface area contributed by atoms with E-state index in [2.05, 4.69) is 14.9 Å². The fraction of sp³-hybridized carbons (Fsp3) is 0.722. The molecule has 2 aliphatic carbocycles. The van der Waals surface area contributed by atoms with Crippen molar-refractivity contribution in [3.63, 3.8) is 0 Å². The molecule has 4 aliphatic rings. The lowest BCUT2D eigenvalue weighted by Crippen LogP contribution is -2.74. The van der Waals surface area contributed by atoms with Gasteiger partial charge in [-0.1, -0.05) is 0 Å². The highest BCUT2D eigenvalue weighted by Crippen LogP contribution is 2.65. The second-order valence-electron chi connectivity index (χ2n) is 8.83. The van der Waals surface area contributed by atoms with E-state index in [1.165, 1.54) is 0 Å². The monoisotopic (exact) mass is 348 g/mol. The maximum atomic E-state index is 13.1. The van der Waals surface area contributed by atoms with Crippen LogP contribution in [0.25, 0.3) is 0 Å². The average molecular weight is 348 g/mol. The number of nitrogens with zero attached hydrogens (tertiary/aromatic N) is 4. The Bertz CT molecular complexity index is 722. The molecule has 134 valence electrons. The zero-order chi connectivity index (χ0) is 17.4. The fourth-order valence-corrected chi connectivity index (χ4v) is 5.42. The summed E-state index contributed by atoms with van der Waals surface area (Å²) in [7, 11) is 0. The summed E-state index contributed by atoms with van der Waals surface area (Å²) in [6, 6.07) is 1.92. The molecule has 3 heterocycles. The average Bonchev–Trinajstić information content (AvgIpc) is 2.38. The predicted octanol–water partition coefficient (Wildman–Crippen LogP) is 2.26. The first-order chi connectivity index (χ1) is 11.8. The largest absolute Gasteiger partial charge is 0.355 e. The van der Waals surface area contributed by atoms with Gasteiger partial charge < -0.3 is 9.80 Å². The third-order valence-corrected chi connectivity index (χ3v) is 6.48. The molecular formula is C18H22F2N4O. The van der Waals surface area contributed by atoms with Gasteiger partial charge >= 0.3 is 0 Å². The van der Waals surface area contributed by atoms with E-state index in [4.69, 9.17) is 0 Å². The fourth-order valence-electron chi connectivity index (χ4n) is 5.42. The standard InChI is InChI=1S/C18H22F2N4O/c1-12-21-3-2-14(22-12)23-8-17(9-23)10-24(11-17)15(25)13-4-16(5-13)6-18(19,20)7-16/h2-3,13H,4-11H2,1H3. The van der Waals surface area contributed by atoms with E-state index in [-0.39, 0.29) is 35.5 Å². The second kappa shape index (κ2) is 4.68. The Morgan fingerprint density at radius 3 is 2.44 bits per heavy atom. The summed E-state index contributed by atoms with van der Waals surface area (Å²) in [5.41, 5.74) is -0.00995. The van der Waals surface area contributed by atoms with Crippen molar-refractivity contribution in [1.29, 1.82) is 0 Å². The number of aryl methyl sites for hydroxylation is 1. The number of likely N-dealkylation sites (tertiary alicyclic amines) is 1. The summed E-state index contributed by atoms with van der Waals surface area (Å²) in [5.74, 6) is -0.597. The van der Waals surface area contributed by atoms with Gasteiger partial charge in [0, 0.05) is 56.6 Å². The van der Waals surface area contributed by atoms with Gasteiger partial charge in [-0.3, -0.25) is 4.79 Å². The molecule has 5 nitrogen and oxygen atoms in total. The van der Waals surface area contributed by atoms with Gasteiger partial charge in [-0.25, -0.2) is 18.7 Å². The van der Waals surface area contributed by atoms with Gasteiger partial charge in [0.1, 0.15) is 11.6 Å². The van der Waals surface area contributed by atoms with Crippen molar-refractivity contribution in [3.8, 4) is 0 Å². The number of halogens is 2. The van der Waals surface area contributed by atoms with Crippen LogP contribution in [0.1, 0.15) is 31.5 Å². The molecule has 1 aromatic rings. The lowest BCUT2D eigenvalue weighted by Gasteiger charge is -2.62. The van der Waals surface area contributed by atoms with Gasteiger partial charge in [0.15, 0.2) is 0 Å². The molecule has 2 saturated heterocycles. The summed E-state index contributed by atoms with van der Waals surface area (Å²) in [6.45, 7) is 5.33. The van der Waals surface area contributed by atoms with E-state index in [0.717, 1.165) is 37.8 Å². The second-order valence-corrected chi connectivity index (χ2v) is 8.83. The molecule has 2 spiro atoms. The normalized spacial score (nSPS) is 28.1. The molecule has 0 aromatic carbocycles. The van der Waals surface area contributed by atoms with Crippen LogP contribution in [0.2, 0.25) is 0 Å². The van der Waals surface area contributed by atoms with Crippen molar-refractivity contribution in [2.45, 2.75) is 38.5 Å². The van der Waals surface area contributed by atoms with Crippen molar-refractivity contribution in [3.05, 3.63) is 18.1 Å². The molecule has 0 atom stereocenters. The Morgan fingerprint density at radius 2 is 1.84 bits per heavy atom. The zero-order valence-corrected chi connectivity index (χ0v) is 14.3. The van der Waals surface area contributed by atoms with E-state index in [1.807, 2.05) is 17.9 Å². The molecule has 4 fully saturated rings. The van der Waals surface area contributed by atoms with Crippen LogP contribution >= 0.6 is 0 Å². The number of anilines is 1. The third-order valence-electron chi connectivity index (χ3n) is 6.48. The minimum atomic E-state index is -2.48. The molecule has 2 saturated carbocycles. The van der Waals surface area contributed by atoms with Crippen molar-refractivity contribution in [2.24, 2.45) is 16.7 Å². The Hall–Kier alpha value is -1.79. The number of carbonyl (C=O) groups excluding carboxylic acids is 1. The molecule has 0 N–H and O–H groups in total. The molecule has 2 aliphatic heterocycles. The number of hydrogen-bond acceptors (Lipinski definition) is 4. The Balaban J connectivity index is 1.11. The molecular weight excluding hydrogens is 326 g/mol. The Labute approximate surface area is 145 Å². The predicted molar refractivity (Wildman–Crippen MR) is 87.3 cm³/mol. The van der Waals surface area contributed by atoms with Crippen molar-refractivity contribution in [1.82, 2.24) is 14.9 Å². The van der Waals surface area contributed by atoms with E-state index < -0.39 is 5.92 Å². The molecule has 7 heteroatoms. The van der Waals surface area contributed by atoms with Gasteiger partial charge in [-0.2, -0.15) is 0 Å². The number of alkyl halides is 2. The number of hydrogen-bond donors (Lipinski definition) is 0. The van der Waals surface area contributed by atoms with E-state index in [0.29, 0.717) is 12.8 Å². The van der Waals surface area contributed by atoms with Crippen LogP contribution < -0.4 is 4.90 Å². The van der Waals surface area contributed by atoms with Gasteiger partial charge in [-0.05, 0) is 31.2 Å². The molecule has 1 aromatic heterocycles. The zero-order valence-electron chi connectivity index (χ0n) is 14.3. The lowest BCUT2D eigenvalue weighted by molar-refractivity contribution is -0.213. The van der Waals surface area contributed by atoms with Gasteiger partial charge in [0.2, 0.25) is 11.8 Å². The van der Waals surface area contributed by atoms with Gasteiger partial charge in [0.05, 0.1) is 0 Å². The SMILES string of the molecule is Cc1nccc(N2CC3(CN(C(=O)C4CC5(C4)CC(F)(F)C5)C3)C2)n1. The first-order valence-electron chi connectivity index (χ1n) is 8.99. The maximum Gasteiger partial charge on any atom is 0.249 e. The quantitative estimate of drug-likeness (QED) is 0.823. The number of amides is 1. The van der Waals surface area contributed by atoms with Crippen LogP contribution in [-0.2, 0) is 4.79 Å².